The van der Waals surface area contributed by atoms with Crippen molar-refractivity contribution < 1.29 is 4.39 Å². The Bertz CT molecular complexity index is 1250. The third kappa shape index (κ3) is 3.67. The van der Waals surface area contributed by atoms with Crippen LogP contribution in [0.3, 0.4) is 0 Å². The molecule has 0 spiro atoms. The molecule has 3 heterocycles. The maximum atomic E-state index is 13.4. The number of hydrogen-bond donors (Lipinski definition) is 0. The lowest BCUT2D eigenvalue weighted by Crippen LogP contribution is -2.36. The summed E-state index contributed by atoms with van der Waals surface area (Å²) in [6.07, 6.45) is 4.01. The Morgan fingerprint density at radius 1 is 1.03 bits per heavy atom. The summed E-state index contributed by atoms with van der Waals surface area (Å²) in [5.41, 5.74) is 7.66. The van der Waals surface area contributed by atoms with E-state index in [0.717, 1.165) is 30.8 Å². The van der Waals surface area contributed by atoms with Gasteiger partial charge in [-0.15, -0.1) is 12.4 Å². The van der Waals surface area contributed by atoms with Crippen molar-refractivity contribution in [2.75, 3.05) is 11.4 Å². The van der Waals surface area contributed by atoms with Gasteiger partial charge in [-0.3, -0.25) is 0 Å². The standard InChI is InChI=1S/C27H28FN3.ClH/c1-4-25-24-8-6-5-7-21(24)14-16-30(25)27-26-23(13-15-29-27)18(2)19(3)31(26)17-20-9-11-22(28)12-10-20;/h5-13,15,25H,4,14,16-17H2,1-3H3;1H. The summed E-state index contributed by atoms with van der Waals surface area (Å²) in [7, 11) is 0. The van der Waals surface area contributed by atoms with Gasteiger partial charge in [-0.25, -0.2) is 9.37 Å². The van der Waals surface area contributed by atoms with Crippen molar-refractivity contribution in [3.63, 3.8) is 0 Å². The molecular formula is C27H29ClFN3. The van der Waals surface area contributed by atoms with Crippen molar-refractivity contribution in [1.82, 2.24) is 9.55 Å². The lowest BCUT2D eigenvalue weighted by Gasteiger charge is -2.38. The zero-order chi connectivity index (χ0) is 21.5. The number of rotatable bonds is 4. The molecule has 0 radical (unpaired) electrons. The van der Waals surface area contributed by atoms with Crippen LogP contribution in [0.25, 0.3) is 10.9 Å². The molecule has 1 unspecified atom stereocenters. The maximum Gasteiger partial charge on any atom is 0.153 e. The fourth-order valence-corrected chi connectivity index (χ4v) is 5.10. The van der Waals surface area contributed by atoms with E-state index in [1.165, 1.54) is 45.4 Å². The fourth-order valence-electron chi connectivity index (χ4n) is 5.10. The summed E-state index contributed by atoms with van der Waals surface area (Å²) in [5, 5.41) is 1.25. The van der Waals surface area contributed by atoms with Crippen LogP contribution in [0.2, 0.25) is 0 Å². The molecule has 0 saturated heterocycles. The van der Waals surface area contributed by atoms with E-state index in [9.17, 15) is 4.39 Å². The highest BCUT2D eigenvalue weighted by Crippen LogP contribution is 2.39. The highest BCUT2D eigenvalue weighted by molar-refractivity contribution is 5.94. The first kappa shape index (κ1) is 22.3. The molecule has 1 aliphatic heterocycles. The van der Waals surface area contributed by atoms with Crippen LogP contribution in [-0.4, -0.2) is 16.1 Å². The number of halogens is 2. The first-order valence-corrected chi connectivity index (χ1v) is 11.1. The average molecular weight is 450 g/mol. The molecule has 32 heavy (non-hydrogen) atoms. The Kier molecular flexibility index (Phi) is 6.25. The van der Waals surface area contributed by atoms with Crippen molar-refractivity contribution in [2.45, 2.75) is 46.2 Å². The van der Waals surface area contributed by atoms with Gasteiger partial charge in [-0.1, -0.05) is 43.3 Å². The van der Waals surface area contributed by atoms with E-state index in [4.69, 9.17) is 4.98 Å². The lowest BCUT2D eigenvalue weighted by atomic mass is 9.91. The predicted octanol–water partition coefficient (Wildman–Crippen LogP) is 6.78. The van der Waals surface area contributed by atoms with Gasteiger partial charge in [0.1, 0.15) is 5.82 Å². The smallest absolute Gasteiger partial charge is 0.153 e. The quantitative estimate of drug-likeness (QED) is 0.342. The molecule has 0 fully saturated rings. The second kappa shape index (κ2) is 8.95. The van der Waals surface area contributed by atoms with Gasteiger partial charge in [0.25, 0.3) is 0 Å². The highest BCUT2D eigenvalue weighted by atomic mass is 35.5. The van der Waals surface area contributed by atoms with Gasteiger partial charge in [-0.05, 0) is 67.1 Å². The molecular weight excluding hydrogens is 421 g/mol. The van der Waals surface area contributed by atoms with Gasteiger partial charge in [0.05, 0.1) is 11.6 Å². The van der Waals surface area contributed by atoms with E-state index in [-0.39, 0.29) is 18.2 Å². The second-order valence-corrected chi connectivity index (χ2v) is 8.52. The molecule has 5 rings (SSSR count). The Morgan fingerprint density at radius 3 is 2.53 bits per heavy atom. The van der Waals surface area contributed by atoms with E-state index >= 15 is 0 Å². The number of nitrogens with zero attached hydrogens (tertiary/aromatic N) is 3. The van der Waals surface area contributed by atoms with Crippen LogP contribution in [0.4, 0.5) is 10.2 Å². The van der Waals surface area contributed by atoms with Crippen molar-refractivity contribution in [2.24, 2.45) is 0 Å². The molecule has 1 atom stereocenters. The van der Waals surface area contributed by atoms with Crippen LogP contribution in [0.15, 0.2) is 60.8 Å². The van der Waals surface area contributed by atoms with E-state index in [1.807, 2.05) is 18.3 Å². The van der Waals surface area contributed by atoms with Crippen molar-refractivity contribution in [3.05, 3.63) is 94.6 Å². The molecule has 0 bridgehead atoms. The molecule has 166 valence electrons. The molecule has 3 nitrogen and oxygen atoms in total. The molecule has 1 aliphatic rings. The number of benzene rings is 2. The highest BCUT2D eigenvalue weighted by Gasteiger charge is 2.29. The first-order valence-electron chi connectivity index (χ1n) is 11.1. The first-order chi connectivity index (χ1) is 15.1. The van der Waals surface area contributed by atoms with Crippen LogP contribution in [-0.2, 0) is 13.0 Å². The topological polar surface area (TPSA) is 21.1 Å². The van der Waals surface area contributed by atoms with E-state index in [1.54, 1.807) is 0 Å². The molecule has 2 aromatic carbocycles. The zero-order valence-electron chi connectivity index (χ0n) is 18.8. The SMILES string of the molecule is CCC1c2ccccc2CCN1c1nccc2c(C)c(C)n(Cc3ccc(F)cc3)c12.Cl. The molecule has 0 N–H and O–H groups in total. The Hall–Kier alpha value is -2.85. The number of hydrogen-bond acceptors (Lipinski definition) is 2. The molecule has 2 aromatic heterocycles. The number of aryl methyl sites for hydroxylation is 1. The number of pyridine rings is 1. The molecule has 5 heteroatoms. The van der Waals surface area contributed by atoms with Gasteiger partial charge in [-0.2, -0.15) is 0 Å². The van der Waals surface area contributed by atoms with Gasteiger partial charge in [0.15, 0.2) is 5.82 Å². The number of anilines is 1. The minimum Gasteiger partial charge on any atom is -0.347 e. The Morgan fingerprint density at radius 2 is 1.78 bits per heavy atom. The minimum atomic E-state index is -0.200. The number of aromatic nitrogens is 2. The predicted molar refractivity (Wildman–Crippen MR) is 132 cm³/mol. The fraction of sp³-hybridized carbons (Fsp3) is 0.296. The third-order valence-electron chi connectivity index (χ3n) is 6.85. The summed E-state index contributed by atoms with van der Waals surface area (Å²) in [6, 6.07) is 18.1. The summed E-state index contributed by atoms with van der Waals surface area (Å²) in [4.78, 5) is 7.41. The Balaban J connectivity index is 0.00000245. The summed E-state index contributed by atoms with van der Waals surface area (Å²) in [6.45, 7) is 8.28. The second-order valence-electron chi connectivity index (χ2n) is 8.52. The largest absolute Gasteiger partial charge is 0.347 e. The van der Waals surface area contributed by atoms with Crippen LogP contribution in [0.1, 0.15) is 47.3 Å². The van der Waals surface area contributed by atoms with E-state index in [2.05, 4.69) is 60.6 Å². The molecule has 4 aromatic rings. The van der Waals surface area contributed by atoms with E-state index < -0.39 is 0 Å². The van der Waals surface area contributed by atoms with Gasteiger partial charge >= 0.3 is 0 Å². The van der Waals surface area contributed by atoms with Crippen LogP contribution >= 0.6 is 12.4 Å². The molecule has 0 amide bonds. The monoisotopic (exact) mass is 449 g/mol. The van der Waals surface area contributed by atoms with Gasteiger partial charge in [0.2, 0.25) is 0 Å². The summed E-state index contributed by atoms with van der Waals surface area (Å²) < 4.78 is 15.8. The third-order valence-corrected chi connectivity index (χ3v) is 6.85. The van der Waals surface area contributed by atoms with Crippen LogP contribution in [0.5, 0.6) is 0 Å². The normalized spacial score (nSPS) is 15.5. The molecule has 0 saturated carbocycles. The van der Waals surface area contributed by atoms with Crippen LogP contribution < -0.4 is 4.90 Å². The number of fused-ring (bicyclic) bond motifs is 2. The van der Waals surface area contributed by atoms with Crippen molar-refractivity contribution >= 4 is 29.1 Å². The van der Waals surface area contributed by atoms with E-state index in [0.29, 0.717) is 12.6 Å². The van der Waals surface area contributed by atoms with Crippen molar-refractivity contribution in [1.29, 1.82) is 0 Å². The Labute approximate surface area is 195 Å². The minimum absolute atomic E-state index is 0. The zero-order valence-corrected chi connectivity index (χ0v) is 19.6. The summed E-state index contributed by atoms with van der Waals surface area (Å²) in [5.74, 6) is 0.853. The van der Waals surface area contributed by atoms with Crippen LogP contribution in [0, 0.1) is 19.7 Å². The lowest BCUT2D eigenvalue weighted by molar-refractivity contribution is 0.562. The average Bonchev–Trinajstić information content (AvgIpc) is 3.04. The van der Waals surface area contributed by atoms with Gasteiger partial charge < -0.3 is 9.47 Å². The maximum absolute atomic E-state index is 13.4. The molecule has 0 aliphatic carbocycles. The van der Waals surface area contributed by atoms with Gasteiger partial charge in [0, 0.05) is 30.4 Å². The van der Waals surface area contributed by atoms with Crippen molar-refractivity contribution in [3.8, 4) is 0 Å². The summed E-state index contributed by atoms with van der Waals surface area (Å²) >= 11 is 0.